The Morgan fingerprint density at radius 3 is 2.42 bits per heavy atom. The molecular formula is C21H20FN3O. The zero-order valence-corrected chi connectivity index (χ0v) is 14.3. The minimum absolute atomic E-state index is 0.170. The summed E-state index contributed by atoms with van der Waals surface area (Å²) in [6, 6.07) is 21.3. The fraction of sp³-hybridized carbons (Fsp3) is 0.143. The molecule has 1 N–H and O–H groups in total. The van der Waals surface area contributed by atoms with Crippen LogP contribution >= 0.6 is 0 Å². The number of aromatic nitrogens is 1. The van der Waals surface area contributed by atoms with Gasteiger partial charge >= 0.3 is 6.03 Å². The monoisotopic (exact) mass is 349 g/mol. The van der Waals surface area contributed by atoms with Crippen molar-refractivity contribution in [2.75, 3.05) is 11.9 Å². The van der Waals surface area contributed by atoms with Gasteiger partial charge in [0.2, 0.25) is 0 Å². The van der Waals surface area contributed by atoms with Gasteiger partial charge < -0.3 is 10.2 Å². The van der Waals surface area contributed by atoms with Crippen LogP contribution in [0.3, 0.4) is 0 Å². The minimum Gasteiger partial charge on any atom is -0.318 e. The van der Waals surface area contributed by atoms with Crippen LogP contribution in [0.2, 0.25) is 0 Å². The first-order valence-corrected chi connectivity index (χ1v) is 8.46. The maximum atomic E-state index is 13.8. The highest BCUT2D eigenvalue weighted by Gasteiger charge is 2.16. The van der Waals surface area contributed by atoms with Crippen molar-refractivity contribution >= 4 is 11.7 Å². The number of anilines is 1. The summed E-state index contributed by atoms with van der Waals surface area (Å²) in [5.41, 5.74) is 2.09. The molecule has 0 aliphatic rings. The van der Waals surface area contributed by atoms with Crippen LogP contribution in [0.25, 0.3) is 0 Å². The van der Waals surface area contributed by atoms with Gasteiger partial charge in [-0.25, -0.2) is 9.18 Å². The molecule has 0 spiro atoms. The van der Waals surface area contributed by atoms with E-state index in [1.165, 1.54) is 6.07 Å². The number of nitrogens with zero attached hydrogens (tertiary/aromatic N) is 2. The number of carbonyl (C=O) groups excluding carboxylic acids is 1. The summed E-state index contributed by atoms with van der Waals surface area (Å²) in [6.07, 6.45) is 2.40. The van der Waals surface area contributed by atoms with Gasteiger partial charge in [0.05, 0.1) is 17.9 Å². The number of hydrogen-bond donors (Lipinski definition) is 1. The van der Waals surface area contributed by atoms with E-state index in [-0.39, 0.29) is 11.7 Å². The highest BCUT2D eigenvalue weighted by molar-refractivity contribution is 5.89. The van der Waals surface area contributed by atoms with Crippen molar-refractivity contribution in [2.45, 2.75) is 13.0 Å². The molecule has 1 aromatic heterocycles. The lowest BCUT2D eigenvalue weighted by Gasteiger charge is -2.23. The second kappa shape index (κ2) is 8.76. The third kappa shape index (κ3) is 4.89. The Labute approximate surface area is 152 Å². The molecule has 0 saturated heterocycles. The van der Waals surface area contributed by atoms with Crippen molar-refractivity contribution in [3.8, 4) is 0 Å². The Balaban J connectivity index is 1.73. The van der Waals surface area contributed by atoms with E-state index in [9.17, 15) is 9.18 Å². The van der Waals surface area contributed by atoms with Crippen LogP contribution in [0.4, 0.5) is 14.9 Å². The van der Waals surface area contributed by atoms with Crippen LogP contribution in [-0.4, -0.2) is 22.5 Å². The van der Waals surface area contributed by atoms with E-state index in [4.69, 9.17) is 0 Å². The third-order valence-electron chi connectivity index (χ3n) is 3.99. The smallest absolute Gasteiger partial charge is 0.318 e. The van der Waals surface area contributed by atoms with Crippen LogP contribution in [-0.2, 0) is 13.0 Å². The Bertz CT molecular complexity index is 840. The van der Waals surface area contributed by atoms with Crippen LogP contribution in [0.5, 0.6) is 0 Å². The number of hydrogen-bond acceptors (Lipinski definition) is 2. The van der Waals surface area contributed by atoms with Crippen molar-refractivity contribution in [1.29, 1.82) is 0 Å². The number of urea groups is 1. The normalized spacial score (nSPS) is 10.3. The fourth-order valence-corrected chi connectivity index (χ4v) is 2.61. The number of pyridine rings is 1. The molecule has 4 nitrogen and oxygen atoms in total. The molecule has 0 radical (unpaired) electrons. The van der Waals surface area contributed by atoms with Gasteiger partial charge in [0.1, 0.15) is 5.82 Å². The summed E-state index contributed by atoms with van der Waals surface area (Å²) in [7, 11) is 0. The van der Waals surface area contributed by atoms with Gasteiger partial charge in [-0.3, -0.25) is 4.98 Å². The van der Waals surface area contributed by atoms with Gasteiger partial charge in [-0.15, -0.1) is 0 Å². The Morgan fingerprint density at radius 1 is 0.962 bits per heavy atom. The Hall–Kier alpha value is -3.21. The topological polar surface area (TPSA) is 45.2 Å². The van der Waals surface area contributed by atoms with E-state index in [0.29, 0.717) is 19.5 Å². The van der Waals surface area contributed by atoms with E-state index in [1.807, 2.05) is 48.5 Å². The van der Waals surface area contributed by atoms with Crippen LogP contribution in [0.1, 0.15) is 11.3 Å². The highest BCUT2D eigenvalue weighted by Crippen LogP contribution is 2.14. The zero-order chi connectivity index (χ0) is 18.2. The van der Waals surface area contributed by atoms with E-state index in [0.717, 1.165) is 11.3 Å². The van der Waals surface area contributed by atoms with Gasteiger partial charge in [0.15, 0.2) is 0 Å². The van der Waals surface area contributed by atoms with Crippen molar-refractivity contribution in [2.24, 2.45) is 0 Å². The van der Waals surface area contributed by atoms with E-state index in [1.54, 1.807) is 29.3 Å². The number of carbonyl (C=O) groups is 1. The van der Waals surface area contributed by atoms with Gasteiger partial charge in [-0.05, 0) is 36.2 Å². The molecule has 0 atom stereocenters. The average Bonchev–Trinajstić information content (AvgIpc) is 2.68. The predicted molar refractivity (Wildman–Crippen MR) is 100 cm³/mol. The van der Waals surface area contributed by atoms with Crippen LogP contribution in [0, 0.1) is 5.82 Å². The number of nitrogens with one attached hydrogen (secondary N) is 1. The molecule has 0 aliphatic heterocycles. The van der Waals surface area contributed by atoms with Gasteiger partial charge in [0.25, 0.3) is 0 Å². The summed E-state index contributed by atoms with van der Waals surface area (Å²) in [6.45, 7) is 0.856. The molecule has 2 amide bonds. The lowest BCUT2D eigenvalue weighted by Crippen LogP contribution is -2.36. The lowest BCUT2D eigenvalue weighted by atomic mass is 10.1. The first-order chi connectivity index (χ1) is 12.7. The second-order valence-corrected chi connectivity index (χ2v) is 5.89. The van der Waals surface area contributed by atoms with Crippen molar-refractivity contribution < 1.29 is 9.18 Å². The standard InChI is InChI=1S/C21H20FN3O/c22-19-11-4-5-12-20(19)24-21(26)25(16-18-10-6-7-14-23-18)15-13-17-8-2-1-3-9-17/h1-12,14H,13,15-16H2,(H,24,26). The van der Waals surface area contributed by atoms with Crippen LogP contribution in [0.15, 0.2) is 79.0 Å². The molecule has 5 heteroatoms. The molecule has 2 aromatic carbocycles. The molecule has 0 saturated carbocycles. The average molecular weight is 349 g/mol. The maximum Gasteiger partial charge on any atom is 0.322 e. The molecule has 0 aliphatic carbocycles. The fourth-order valence-electron chi connectivity index (χ4n) is 2.61. The summed E-state index contributed by atoms with van der Waals surface area (Å²) in [5.74, 6) is -0.457. The molecule has 0 fully saturated rings. The first kappa shape index (κ1) is 17.6. The Morgan fingerprint density at radius 2 is 1.69 bits per heavy atom. The quantitative estimate of drug-likeness (QED) is 0.712. The number of amides is 2. The molecule has 26 heavy (non-hydrogen) atoms. The van der Waals surface area contributed by atoms with E-state index >= 15 is 0 Å². The highest BCUT2D eigenvalue weighted by atomic mass is 19.1. The van der Waals surface area contributed by atoms with E-state index in [2.05, 4.69) is 10.3 Å². The summed E-state index contributed by atoms with van der Waals surface area (Å²) in [5, 5.41) is 2.65. The van der Waals surface area contributed by atoms with Gasteiger partial charge in [0, 0.05) is 12.7 Å². The molecular weight excluding hydrogens is 329 g/mol. The molecule has 0 unspecified atom stereocenters. The first-order valence-electron chi connectivity index (χ1n) is 8.46. The maximum absolute atomic E-state index is 13.8. The lowest BCUT2D eigenvalue weighted by molar-refractivity contribution is 0.209. The number of halogens is 1. The molecule has 3 aromatic rings. The molecule has 1 heterocycles. The Kier molecular flexibility index (Phi) is 5.93. The molecule has 132 valence electrons. The van der Waals surface area contributed by atoms with Crippen molar-refractivity contribution in [3.63, 3.8) is 0 Å². The number of para-hydroxylation sites is 1. The molecule has 0 bridgehead atoms. The minimum atomic E-state index is -0.457. The number of rotatable bonds is 6. The summed E-state index contributed by atoms with van der Waals surface area (Å²) < 4.78 is 13.8. The van der Waals surface area contributed by atoms with Crippen molar-refractivity contribution in [3.05, 3.63) is 96.1 Å². The number of benzene rings is 2. The van der Waals surface area contributed by atoms with Crippen molar-refractivity contribution in [1.82, 2.24) is 9.88 Å². The van der Waals surface area contributed by atoms with Gasteiger partial charge in [-0.2, -0.15) is 0 Å². The van der Waals surface area contributed by atoms with Crippen LogP contribution < -0.4 is 5.32 Å². The third-order valence-corrected chi connectivity index (χ3v) is 3.99. The van der Waals surface area contributed by atoms with Gasteiger partial charge in [-0.1, -0.05) is 48.5 Å². The predicted octanol–water partition coefficient (Wildman–Crippen LogP) is 4.50. The second-order valence-electron chi connectivity index (χ2n) is 5.89. The SMILES string of the molecule is O=C(Nc1ccccc1F)N(CCc1ccccc1)Cc1ccccn1. The zero-order valence-electron chi connectivity index (χ0n) is 14.3. The molecule has 3 rings (SSSR count). The summed E-state index contributed by atoms with van der Waals surface area (Å²) in [4.78, 5) is 18.6. The largest absolute Gasteiger partial charge is 0.322 e. The summed E-state index contributed by atoms with van der Waals surface area (Å²) >= 11 is 0. The van der Waals surface area contributed by atoms with E-state index < -0.39 is 5.82 Å².